The van der Waals surface area contributed by atoms with Gasteiger partial charge in [-0.15, -0.1) is 0 Å². The van der Waals surface area contributed by atoms with E-state index in [1.165, 1.54) is 28.9 Å². The Kier molecular flexibility index (Phi) is 10.2. The van der Waals surface area contributed by atoms with Crippen molar-refractivity contribution in [2.75, 3.05) is 6.61 Å². The van der Waals surface area contributed by atoms with E-state index in [-0.39, 0.29) is 75.4 Å². The number of aliphatic hydroxyl groups excluding tert-OH is 2. The molecule has 4 atom stereocenters. The third-order valence-electron chi connectivity index (χ3n) is 4.36. The van der Waals surface area contributed by atoms with E-state index in [1.54, 1.807) is 12.1 Å². The number of nitrogens with zero attached hydrogens (tertiary/aromatic N) is 3. The molecule has 1 saturated heterocycles. The molecule has 32 heavy (non-hydrogen) atoms. The van der Waals surface area contributed by atoms with E-state index in [0.717, 1.165) is 0 Å². The van der Waals surface area contributed by atoms with E-state index >= 15 is 0 Å². The number of phosphoric acid groups is 1. The number of H-pyrrole nitrogens is 1. The predicted octanol–water partition coefficient (Wildman–Crippen LogP) is -1.03. The molecule has 0 saturated carbocycles. The van der Waals surface area contributed by atoms with Crippen LogP contribution in [-0.2, 0) is 19.6 Å². The molecular weight excluding hydrogens is 489 g/mol. The fourth-order valence-corrected chi connectivity index (χ4v) is 4.06. The molecule has 0 bridgehead atoms. The molecule has 5 N–H and O–H groups in total. The third-order valence-corrected chi connectivity index (χ3v) is 5.74. The monoisotopic (exact) mass is 506 g/mol. The summed E-state index contributed by atoms with van der Waals surface area (Å²) in [6.45, 7) is -0.649. The van der Waals surface area contributed by atoms with Crippen LogP contribution in [0.1, 0.15) is 12.0 Å². The van der Waals surface area contributed by atoms with E-state index in [9.17, 15) is 19.6 Å². The van der Waals surface area contributed by atoms with Crippen LogP contribution in [0.4, 0.5) is 0 Å². The number of phosphoric ester groups is 1. The molecule has 0 unspecified atom stereocenters. The number of imidazole rings is 1. The standard InChI is InChI=1S/C15H17N4O9PS.2Na/c20-10-8(4-27-29(23,24)25)28-14(11(10)21)19-6-16-9-12(19)17-15(18-13(9)22)30-5-7-2-1-3-26-7;;/h1-3,6,8,10-11,14,20-21H,4-5H2,(H,17,18,22)(H2,23,24,25);;/t8-,10-,11-,14-;;/m1../s1. The minimum Gasteiger partial charge on any atom is -0.468 e. The molecule has 1 aliphatic heterocycles. The van der Waals surface area contributed by atoms with Crippen LogP contribution in [0.3, 0.4) is 0 Å². The number of aromatic amines is 1. The first-order valence-corrected chi connectivity index (χ1v) is 11.1. The largest absolute Gasteiger partial charge is 0.469 e. The summed E-state index contributed by atoms with van der Waals surface area (Å²) in [6, 6.07) is 3.51. The van der Waals surface area contributed by atoms with Gasteiger partial charge in [0.05, 0.1) is 25.0 Å². The van der Waals surface area contributed by atoms with Gasteiger partial charge < -0.3 is 29.2 Å². The van der Waals surface area contributed by atoms with Crippen molar-refractivity contribution in [3.63, 3.8) is 0 Å². The SMILES string of the molecule is O=c1[nH]c(SCc2ccco2)nc2c1ncn2[C@@H]1O[C@H](COP(=O)(O)O)[C@@H](O)[C@H]1O.[Na].[Na]. The molecule has 1 aliphatic rings. The van der Waals surface area contributed by atoms with E-state index in [1.807, 2.05) is 0 Å². The summed E-state index contributed by atoms with van der Waals surface area (Å²) >= 11 is 1.21. The van der Waals surface area contributed by atoms with Gasteiger partial charge in [0.1, 0.15) is 24.1 Å². The van der Waals surface area contributed by atoms with Gasteiger partial charge in [-0.25, -0.2) is 14.5 Å². The van der Waals surface area contributed by atoms with Gasteiger partial charge in [-0.05, 0) is 12.1 Å². The molecule has 2 radical (unpaired) electrons. The average Bonchev–Trinajstić information content (AvgIpc) is 3.40. The van der Waals surface area contributed by atoms with Crippen molar-refractivity contribution in [1.82, 2.24) is 19.5 Å². The number of aliphatic hydroxyl groups is 2. The zero-order valence-electron chi connectivity index (χ0n) is 17.1. The molecule has 13 nitrogen and oxygen atoms in total. The van der Waals surface area contributed by atoms with Crippen LogP contribution in [0, 0.1) is 0 Å². The Labute approximate surface area is 228 Å². The van der Waals surface area contributed by atoms with E-state index in [2.05, 4.69) is 19.5 Å². The van der Waals surface area contributed by atoms with E-state index in [4.69, 9.17) is 18.9 Å². The van der Waals surface area contributed by atoms with Crippen molar-refractivity contribution in [2.24, 2.45) is 0 Å². The second-order valence-electron chi connectivity index (χ2n) is 6.40. The molecule has 4 rings (SSSR count). The van der Waals surface area contributed by atoms with Gasteiger partial charge in [-0.2, -0.15) is 0 Å². The van der Waals surface area contributed by atoms with Gasteiger partial charge >= 0.3 is 7.82 Å². The van der Waals surface area contributed by atoms with E-state index < -0.39 is 44.5 Å². The molecule has 3 aromatic heterocycles. The second kappa shape index (κ2) is 11.6. The molecule has 164 valence electrons. The average molecular weight is 506 g/mol. The summed E-state index contributed by atoms with van der Waals surface area (Å²) < 4.78 is 27.3. The maximum atomic E-state index is 12.3. The molecule has 0 amide bonds. The van der Waals surface area contributed by atoms with Crippen LogP contribution in [0.25, 0.3) is 11.2 Å². The summed E-state index contributed by atoms with van der Waals surface area (Å²) in [5.41, 5.74) is -0.402. The zero-order valence-corrected chi connectivity index (χ0v) is 22.8. The minimum absolute atomic E-state index is 0. The van der Waals surface area contributed by atoms with Gasteiger partial charge in [-0.1, -0.05) is 11.8 Å². The number of hydrogen-bond acceptors (Lipinski definition) is 10. The van der Waals surface area contributed by atoms with Crippen LogP contribution in [-0.4, -0.2) is 124 Å². The fraction of sp³-hybridized carbons (Fsp3) is 0.400. The molecule has 17 heteroatoms. The summed E-state index contributed by atoms with van der Waals surface area (Å²) in [4.78, 5) is 40.9. The number of aromatic nitrogens is 4. The fourth-order valence-electron chi connectivity index (χ4n) is 2.96. The molecule has 0 spiro atoms. The van der Waals surface area contributed by atoms with Crippen molar-refractivity contribution in [1.29, 1.82) is 0 Å². The number of thioether (sulfide) groups is 1. The van der Waals surface area contributed by atoms with Gasteiger partial charge in [0, 0.05) is 59.1 Å². The van der Waals surface area contributed by atoms with Crippen LogP contribution in [0.15, 0.2) is 39.1 Å². The van der Waals surface area contributed by atoms with E-state index in [0.29, 0.717) is 11.5 Å². The Morgan fingerprint density at radius 2 is 2.03 bits per heavy atom. The number of hydrogen-bond donors (Lipinski definition) is 5. The first kappa shape index (κ1) is 28.2. The maximum absolute atomic E-state index is 12.3. The molecule has 3 aromatic rings. The van der Waals surface area contributed by atoms with Crippen molar-refractivity contribution in [3.05, 3.63) is 40.8 Å². The van der Waals surface area contributed by atoms with Crippen molar-refractivity contribution in [2.45, 2.75) is 35.4 Å². The number of furan rings is 1. The first-order chi connectivity index (χ1) is 14.2. The van der Waals surface area contributed by atoms with Gasteiger partial charge in [-0.3, -0.25) is 18.9 Å². The van der Waals surface area contributed by atoms with Crippen LogP contribution in [0.5, 0.6) is 0 Å². The summed E-state index contributed by atoms with van der Waals surface area (Å²) in [5.74, 6) is 1.10. The van der Waals surface area contributed by atoms with Crippen molar-refractivity contribution in [3.8, 4) is 0 Å². The number of rotatable bonds is 7. The molecule has 1 fully saturated rings. The second-order valence-corrected chi connectivity index (χ2v) is 8.60. The van der Waals surface area contributed by atoms with Gasteiger partial charge in [0.25, 0.3) is 5.56 Å². The van der Waals surface area contributed by atoms with Crippen molar-refractivity contribution < 1.29 is 38.2 Å². The molecular formula is C15H17N4Na2O9PS. The van der Waals surface area contributed by atoms with Crippen LogP contribution in [0.2, 0.25) is 0 Å². The Balaban J connectivity index is 0.00000181. The molecule has 4 heterocycles. The number of ether oxygens (including phenoxy) is 1. The van der Waals surface area contributed by atoms with Crippen LogP contribution < -0.4 is 5.56 Å². The van der Waals surface area contributed by atoms with Crippen LogP contribution >= 0.6 is 19.6 Å². The summed E-state index contributed by atoms with van der Waals surface area (Å²) in [5, 5.41) is 20.8. The Bertz CT molecular complexity index is 1140. The third kappa shape index (κ3) is 6.34. The Morgan fingerprint density at radius 1 is 1.28 bits per heavy atom. The maximum Gasteiger partial charge on any atom is 0.469 e. The summed E-state index contributed by atoms with van der Waals surface area (Å²) in [7, 11) is -4.79. The zero-order chi connectivity index (χ0) is 21.5. The normalized spacial score (nSPS) is 23.1. The molecule has 0 aliphatic carbocycles. The first-order valence-electron chi connectivity index (χ1n) is 8.56. The topological polar surface area (TPSA) is 193 Å². The number of nitrogens with one attached hydrogen (secondary N) is 1. The van der Waals surface area contributed by atoms with Gasteiger partial charge in [0.15, 0.2) is 22.5 Å². The molecule has 0 aromatic carbocycles. The van der Waals surface area contributed by atoms with Gasteiger partial charge in [0.2, 0.25) is 0 Å². The Hall–Kier alpha value is -0.0300. The quantitative estimate of drug-likeness (QED) is 0.113. The van der Waals surface area contributed by atoms with Crippen molar-refractivity contribution >= 4 is 89.9 Å². The Morgan fingerprint density at radius 3 is 2.69 bits per heavy atom. The number of fused-ring (bicyclic) bond motifs is 1. The smallest absolute Gasteiger partial charge is 0.468 e. The minimum atomic E-state index is -4.79. The summed E-state index contributed by atoms with van der Waals surface area (Å²) in [6.07, 6.45) is -2.64. The predicted molar refractivity (Wildman–Crippen MR) is 112 cm³/mol.